The van der Waals surface area contributed by atoms with Crippen LogP contribution in [0.25, 0.3) is 0 Å². The summed E-state index contributed by atoms with van der Waals surface area (Å²) in [7, 11) is -3.36. The van der Waals surface area contributed by atoms with Crippen LogP contribution in [0.3, 0.4) is 0 Å². The van der Waals surface area contributed by atoms with Gasteiger partial charge in [0.05, 0.1) is 5.25 Å². The topological polar surface area (TPSA) is 63.2 Å². The lowest BCUT2D eigenvalue weighted by atomic mass is 10.3. The Balaban J connectivity index is 1.92. The van der Waals surface area contributed by atoms with E-state index in [1.54, 1.807) is 6.08 Å². The fraction of sp³-hybridized carbons (Fsp3) is 0.667. The van der Waals surface area contributed by atoms with Crippen molar-refractivity contribution in [2.75, 3.05) is 0 Å². The van der Waals surface area contributed by atoms with Crippen LogP contribution in [0.15, 0.2) is 12.7 Å². The van der Waals surface area contributed by atoms with E-state index in [1.807, 2.05) is 0 Å². The van der Waals surface area contributed by atoms with Crippen LogP contribution in [0.4, 0.5) is 0 Å². The zero-order valence-corrected chi connectivity index (χ0v) is 8.59. The Morgan fingerprint density at radius 2 is 2.07 bits per heavy atom. The fourth-order valence-corrected chi connectivity index (χ4v) is 2.81. The van der Waals surface area contributed by atoms with Gasteiger partial charge in [-0.2, -0.15) is 0 Å². The Morgan fingerprint density at radius 1 is 1.43 bits per heavy atom. The molecule has 0 spiro atoms. The monoisotopic (exact) mass is 215 g/mol. The van der Waals surface area contributed by atoms with Crippen LogP contribution >= 0.6 is 0 Å². The molecule has 0 aromatic rings. The first-order valence-corrected chi connectivity index (χ1v) is 6.27. The summed E-state index contributed by atoms with van der Waals surface area (Å²) >= 11 is 0. The molecule has 0 saturated heterocycles. The molecule has 2 saturated carbocycles. The van der Waals surface area contributed by atoms with Crippen molar-refractivity contribution in [3.05, 3.63) is 12.7 Å². The third-order valence-corrected chi connectivity index (χ3v) is 4.52. The van der Waals surface area contributed by atoms with Crippen molar-refractivity contribution in [2.24, 2.45) is 11.8 Å². The van der Waals surface area contributed by atoms with Crippen LogP contribution in [0, 0.1) is 11.8 Å². The smallest absolute Gasteiger partial charge is 0.237 e. The number of hydrogen-bond donors (Lipinski definition) is 1. The molecule has 14 heavy (non-hydrogen) atoms. The standard InChI is InChI=1S/C9H13NO3S/c1-2-6-5-8(6)9(11)10-14(12,13)7-3-4-7/h2,6-8H,1,3-5H2,(H,10,11)/t6-,8?/m0/s1. The zero-order valence-electron chi connectivity index (χ0n) is 7.77. The minimum absolute atomic E-state index is 0.166. The van der Waals surface area contributed by atoms with Crippen LogP contribution in [-0.4, -0.2) is 19.6 Å². The first-order valence-electron chi connectivity index (χ1n) is 4.72. The Labute approximate surface area is 83.4 Å². The Bertz CT molecular complexity index is 370. The van der Waals surface area contributed by atoms with E-state index in [-0.39, 0.29) is 23.0 Å². The van der Waals surface area contributed by atoms with Gasteiger partial charge < -0.3 is 0 Å². The lowest BCUT2D eigenvalue weighted by Crippen LogP contribution is -2.34. The summed E-state index contributed by atoms with van der Waals surface area (Å²) in [6, 6.07) is 0. The Hall–Kier alpha value is -0.840. The van der Waals surface area contributed by atoms with Gasteiger partial charge in [-0.1, -0.05) is 6.08 Å². The van der Waals surface area contributed by atoms with Crippen LogP contribution < -0.4 is 4.72 Å². The van der Waals surface area contributed by atoms with Crippen LogP contribution in [0.5, 0.6) is 0 Å². The molecular formula is C9H13NO3S. The summed E-state index contributed by atoms with van der Waals surface area (Å²) in [5.41, 5.74) is 0. The average molecular weight is 215 g/mol. The molecule has 0 aromatic heterocycles. The fourth-order valence-electron chi connectivity index (χ4n) is 1.45. The van der Waals surface area contributed by atoms with Gasteiger partial charge in [0.2, 0.25) is 15.9 Å². The third kappa shape index (κ3) is 1.82. The molecule has 1 amide bonds. The summed E-state index contributed by atoms with van der Waals surface area (Å²) in [6.07, 6.45) is 3.79. The predicted octanol–water partition coefficient (Wildman–Crippen LogP) is 0.417. The van der Waals surface area contributed by atoms with Gasteiger partial charge in [0, 0.05) is 5.92 Å². The zero-order chi connectivity index (χ0) is 10.3. The number of sulfonamides is 1. The maximum absolute atomic E-state index is 11.4. The van der Waals surface area contributed by atoms with Gasteiger partial charge >= 0.3 is 0 Å². The SMILES string of the molecule is C=C[C@H]1CC1C(=O)NS(=O)(=O)C1CC1. The number of carbonyl (C=O) groups excluding carboxylic acids is 1. The molecule has 5 heteroatoms. The molecule has 1 unspecified atom stereocenters. The van der Waals surface area contributed by atoms with E-state index >= 15 is 0 Å². The van der Waals surface area contributed by atoms with E-state index in [2.05, 4.69) is 11.3 Å². The van der Waals surface area contributed by atoms with E-state index in [0.29, 0.717) is 12.8 Å². The molecule has 2 atom stereocenters. The summed E-state index contributed by atoms with van der Waals surface area (Å²) in [5, 5.41) is -0.326. The normalized spacial score (nSPS) is 30.9. The molecule has 0 bridgehead atoms. The highest BCUT2D eigenvalue weighted by Gasteiger charge is 2.44. The average Bonchev–Trinajstić information content (AvgIpc) is 2.98. The van der Waals surface area contributed by atoms with E-state index in [4.69, 9.17) is 0 Å². The van der Waals surface area contributed by atoms with E-state index in [1.165, 1.54) is 0 Å². The van der Waals surface area contributed by atoms with Gasteiger partial charge in [0.15, 0.2) is 0 Å². The molecule has 2 aliphatic rings. The molecule has 2 rings (SSSR count). The number of rotatable bonds is 4. The maximum atomic E-state index is 11.4. The van der Waals surface area contributed by atoms with Gasteiger partial charge in [-0.25, -0.2) is 8.42 Å². The van der Waals surface area contributed by atoms with Crippen molar-refractivity contribution in [3.8, 4) is 0 Å². The molecular weight excluding hydrogens is 202 g/mol. The van der Waals surface area contributed by atoms with Gasteiger partial charge in [0.25, 0.3) is 0 Å². The second-order valence-electron chi connectivity index (χ2n) is 3.95. The largest absolute Gasteiger partial charge is 0.274 e. The number of allylic oxidation sites excluding steroid dienone is 1. The van der Waals surface area contributed by atoms with Crippen LogP contribution in [0.2, 0.25) is 0 Å². The van der Waals surface area contributed by atoms with E-state index in [0.717, 1.165) is 6.42 Å². The van der Waals surface area contributed by atoms with Crippen molar-refractivity contribution in [1.29, 1.82) is 0 Å². The molecule has 0 aliphatic heterocycles. The summed E-state index contributed by atoms with van der Waals surface area (Å²) in [4.78, 5) is 11.4. The molecule has 1 N–H and O–H groups in total. The number of nitrogens with one attached hydrogen (secondary N) is 1. The third-order valence-electron chi connectivity index (χ3n) is 2.69. The van der Waals surface area contributed by atoms with Gasteiger partial charge in [-0.05, 0) is 25.2 Å². The Kier molecular flexibility index (Phi) is 2.14. The van der Waals surface area contributed by atoms with Crippen molar-refractivity contribution in [2.45, 2.75) is 24.5 Å². The van der Waals surface area contributed by atoms with Crippen LogP contribution in [-0.2, 0) is 14.8 Å². The lowest BCUT2D eigenvalue weighted by molar-refractivity contribution is -0.120. The maximum Gasteiger partial charge on any atom is 0.237 e. The summed E-state index contributed by atoms with van der Waals surface area (Å²) in [5.74, 6) is -0.354. The highest BCUT2D eigenvalue weighted by Crippen LogP contribution is 2.39. The highest BCUT2D eigenvalue weighted by molar-refractivity contribution is 7.90. The minimum atomic E-state index is -3.36. The highest BCUT2D eigenvalue weighted by atomic mass is 32.2. The second-order valence-corrected chi connectivity index (χ2v) is 5.91. The van der Waals surface area contributed by atoms with Gasteiger partial charge in [-0.3, -0.25) is 9.52 Å². The molecule has 0 aromatic carbocycles. The lowest BCUT2D eigenvalue weighted by Gasteiger charge is -2.03. The van der Waals surface area contributed by atoms with Crippen molar-refractivity contribution in [3.63, 3.8) is 0 Å². The molecule has 0 radical (unpaired) electrons. The van der Waals surface area contributed by atoms with E-state index in [9.17, 15) is 13.2 Å². The minimum Gasteiger partial charge on any atom is -0.274 e. The summed E-state index contributed by atoms with van der Waals surface area (Å²) < 4.78 is 24.9. The van der Waals surface area contributed by atoms with Crippen molar-refractivity contribution >= 4 is 15.9 Å². The molecule has 78 valence electrons. The van der Waals surface area contributed by atoms with E-state index < -0.39 is 10.0 Å². The van der Waals surface area contributed by atoms with Crippen molar-refractivity contribution in [1.82, 2.24) is 4.72 Å². The van der Waals surface area contributed by atoms with Crippen molar-refractivity contribution < 1.29 is 13.2 Å². The predicted molar refractivity (Wildman–Crippen MR) is 51.9 cm³/mol. The summed E-state index contributed by atoms with van der Waals surface area (Å²) in [6.45, 7) is 3.57. The number of amides is 1. The number of carbonyl (C=O) groups is 1. The first-order chi connectivity index (χ1) is 6.54. The van der Waals surface area contributed by atoms with Gasteiger partial charge in [0.1, 0.15) is 0 Å². The molecule has 0 heterocycles. The molecule has 2 aliphatic carbocycles. The second kappa shape index (κ2) is 3.08. The Morgan fingerprint density at radius 3 is 2.50 bits per heavy atom. The number of hydrogen-bond acceptors (Lipinski definition) is 3. The van der Waals surface area contributed by atoms with Gasteiger partial charge in [-0.15, -0.1) is 6.58 Å². The molecule has 4 nitrogen and oxygen atoms in total. The van der Waals surface area contributed by atoms with Crippen LogP contribution in [0.1, 0.15) is 19.3 Å². The first kappa shape index (κ1) is 9.71. The molecule has 2 fully saturated rings. The quantitative estimate of drug-likeness (QED) is 0.691.